The Bertz CT molecular complexity index is 1000. The fraction of sp³-hybridized carbons (Fsp3) is 0.400. The van der Waals surface area contributed by atoms with Gasteiger partial charge in [0.05, 0.1) is 5.70 Å². The van der Waals surface area contributed by atoms with E-state index in [9.17, 15) is 9.18 Å². The molecule has 5 rings (SSSR count). The Hall–Kier alpha value is -2.82. The molecule has 5 heteroatoms. The van der Waals surface area contributed by atoms with Crippen LogP contribution in [-0.4, -0.2) is 22.9 Å². The number of amides is 1. The Kier molecular flexibility index (Phi) is 4.97. The van der Waals surface area contributed by atoms with E-state index in [4.69, 9.17) is 5.73 Å². The fourth-order valence-electron chi connectivity index (χ4n) is 4.88. The molecule has 2 aliphatic carbocycles. The summed E-state index contributed by atoms with van der Waals surface area (Å²) in [6, 6.07) is 12.7. The van der Waals surface area contributed by atoms with Crippen molar-refractivity contribution in [2.45, 2.75) is 63.5 Å². The van der Waals surface area contributed by atoms with Crippen LogP contribution in [0.4, 0.5) is 4.39 Å². The van der Waals surface area contributed by atoms with Crippen LogP contribution in [0.3, 0.4) is 0 Å². The molecule has 0 bridgehead atoms. The smallest absolute Gasteiger partial charge is 0.259 e. The van der Waals surface area contributed by atoms with Crippen LogP contribution in [0.15, 0.2) is 48.3 Å². The van der Waals surface area contributed by atoms with Gasteiger partial charge < -0.3 is 16.0 Å². The van der Waals surface area contributed by atoms with Crippen molar-refractivity contribution in [3.8, 4) is 11.1 Å². The molecule has 4 nitrogen and oxygen atoms in total. The van der Waals surface area contributed by atoms with E-state index in [1.807, 2.05) is 29.2 Å². The Labute approximate surface area is 177 Å². The van der Waals surface area contributed by atoms with Gasteiger partial charge in [0.2, 0.25) is 0 Å². The van der Waals surface area contributed by atoms with Crippen molar-refractivity contribution in [2.24, 2.45) is 5.73 Å². The topological polar surface area (TPSA) is 58.4 Å². The number of nitrogens with zero attached hydrogens (tertiary/aromatic N) is 1. The van der Waals surface area contributed by atoms with E-state index < -0.39 is 0 Å². The van der Waals surface area contributed by atoms with Gasteiger partial charge in [-0.25, -0.2) is 4.39 Å². The molecule has 30 heavy (non-hydrogen) atoms. The molecule has 0 atom stereocenters. The Morgan fingerprint density at radius 2 is 1.60 bits per heavy atom. The minimum Gasteiger partial charge on any atom is -0.384 e. The lowest BCUT2D eigenvalue weighted by Crippen LogP contribution is -2.38. The van der Waals surface area contributed by atoms with E-state index >= 15 is 0 Å². The van der Waals surface area contributed by atoms with Crippen LogP contribution in [0.1, 0.15) is 67.3 Å². The van der Waals surface area contributed by atoms with Gasteiger partial charge in [-0.2, -0.15) is 0 Å². The van der Waals surface area contributed by atoms with Gasteiger partial charge in [0.25, 0.3) is 5.91 Å². The molecule has 3 N–H and O–H groups in total. The van der Waals surface area contributed by atoms with Gasteiger partial charge in [-0.1, -0.05) is 49.9 Å². The maximum Gasteiger partial charge on any atom is 0.259 e. The number of halogens is 1. The first-order valence-corrected chi connectivity index (χ1v) is 11.1. The summed E-state index contributed by atoms with van der Waals surface area (Å²) in [5.41, 5.74) is 10.4. The molecule has 2 saturated carbocycles. The Morgan fingerprint density at radius 1 is 0.900 bits per heavy atom. The van der Waals surface area contributed by atoms with E-state index in [0.717, 1.165) is 42.5 Å². The van der Waals surface area contributed by atoms with Crippen molar-refractivity contribution in [3.05, 3.63) is 65.2 Å². The van der Waals surface area contributed by atoms with Crippen LogP contribution in [0.2, 0.25) is 0 Å². The molecule has 156 valence electrons. The van der Waals surface area contributed by atoms with Crippen molar-refractivity contribution in [1.29, 1.82) is 0 Å². The van der Waals surface area contributed by atoms with E-state index in [2.05, 4.69) is 5.32 Å². The molecule has 0 spiro atoms. The maximum atomic E-state index is 14.1. The number of carbonyl (C=O) groups excluding carboxylic acids is 1. The second-order valence-electron chi connectivity index (χ2n) is 8.74. The third kappa shape index (κ3) is 3.47. The first-order chi connectivity index (χ1) is 14.6. The zero-order valence-corrected chi connectivity index (χ0v) is 17.2. The standard InChI is InChI=1S/C25H28FN3O/c26-16-11-14-21-22(15-16)19-9-5-6-10-20(19)23(29(25(21)30)18-12-13-18)24(27)28-17-7-3-1-2-4-8-17/h5-6,9-11,14-15,17-18,28H,1-4,7-8,12-13,27H2/b24-23+. The lowest BCUT2D eigenvalue weighted by atomic mass is 9.95. The predicted molar refractivity (Wildman–Crippen MR) is 117 cm³/mol. The molecule has 2 aromatic rings. The number of fused-ring (bicyclic) bond motifs is 3. The van der Waals surface area contributed by atoms with E-state index in [1.165, 1.54) is 37.8 Å². The molecule has 1 heterocycles. The lowest BCUT2D eigenvalue weighted by molar-refractivity contribution is 0.0828. The highest BCUT2D eigenvalue weighted by Gasteiger charge is 2.40. The SMILES string of the molecule is N/C(NC1CCCCCC1)=C1/c2ccccc2-c2cc(F)ccc2C(=O)N1C1CC1. The first kappa shape index (κ1) is 19.2. The molecule has 1 amide bonds. The van der Waals surface area contributed by atoms with Crippen molar-refractivity contribution in [3.63, 3.8) is 0 Å². The van der Waals surface area contributed by atoms with Crippen LogP contribution in [0, 0.1) is 5.82 Å². The molecular weight excluding hydrogens is 377 g/mol. The summed E-state index contributed by atoms with van der Waals surface area (Å²) in [6.45, 7) is 0. The number of nitrogens with one attached hydrogen (secondary N) is 1. The highest BCUT2D eigenvalue weighted by molar-refractivity contribution is 6.09. The fourth-order valence-corrected chi connectivity index (χ4v) is 4.88. The summed E-state index contributed by atoms with van der Waals surface area (Å²) >= 11 is 0. The van der Waals surface area contributed by atoms with E-state index in [0.29, 0.717) is 23.0 Å². The monoisotopic (exact) mass is 405 g/mol. The number of nitrogens with two attached hydrogens (primary N) is 1. The minimum absolute atomic E-state index is 0.0932. The molecular formula is C25H28FN3O. The summed E-state index contributed by atoms with van der Waals surface area (Å²) in [4.78, 5) is 15.5. The quantitative estimate of drug-likeness (QED) is 0.706. The molecule has 0 radical (unpaired) electrons. The number of hydrogen-bond acceptors (Lipinski definition) is 3. The molecule has 0 unspecified atom stereocenters. The van der Waals surface area contributed by atoms with Gasteiger partial charge in [0, 0.05) is 23.2 Å². The predicted octanol–water partition coefficient (Wildman–Crippen LogP) is 5.01. The second kappa shape index (κ2) is 7.78. The van der Waals surface area contributed by atoms with Crippen LogP contribution in [0.5, 0.6) is 0 Å². The Balaban J connectivity index is 1.67. The number of carbonyl (C=O) groups is 1. The van der Waals surface area contributed by atoms with Crippen molar-refractivity contribution < 1.29 is 9.18 Å². The summed E-state index contributed by atoms with van der Waals surface area (Å²) in [5.74, 6) is 0.124. The van der Waals surface area contributed by atoms with Gasteiger partial charge in [-0.05, 0) is 55.0 Å². The zero-order chi connectivity index (χ0) is 20.7. The van der Waals surface area contributed by atoms with Crippen LogP contribution >= 0.6 is 0 Å². The average Bonchev–Trinajstić information content (AvgIpc) is 3.59. The molecule has 0 saturated heterocycles. The third-order valence-corrected chi connectivity index (χ3v) is 6.53. The highest BCUT2D eigenvalue weighted by Crippen LogP contribution is 2.43. The number of benzene rings is 2. The second-order valence-corrected chi connectivity index (χ2v) is 8.74. The highest BCUT2D eigenvalue weighted by atomic mass is 19.1. The molecule has 2 fully saturated rings. The molecule has 0 aromatic heterocycles. The van der Waals surface area contributed by atoms with Gasteiger partial charge in [-0.3, -0.25) is 4.79 Å². The molecule has 1 aliphatic heterocycles. The average molecular weight is 406 g/mol. The first-order valence-electron chi connectivity index (χ1n) is 11.1. The Morgan fingerprint density at radius 3 is 2.30 bits per heavy atom. The van der Waals surface area contributed by atoms with Gasteiger partial charge in [-0.15, -0.1) is 0 Å². The normalized spacial score (nSPS) is 21.4. The van der Waals surface area contributed by atoms with Crippen LogP contribution in [-0.2, 0) is 0 Å². The van der Waals surface area contributed by atoms with Crippen molar-refractivity contribution in [1.82, 2.24) is 10.2 Å². The van der Waals surface area contributed by atoms with Gasteiger partial charge in [0.15, 0.2) is 0 Å². The number of hydrogen-bond donors (Lipinski definition) is 2. The summed E-state index contributed by atoms with van der Waals surface area (Å²) in [5, 5.41) is 3.56. The molecule has 2 aromatic carbocycles. The summed E-state index contributed by atoms with van der Waals surface area (Å²) in [6.07, 6.45) is 9.06. The van der Waals surface area contributed by atoms with Crippen LogP contribution in [0.25, 0.3) is 16.8 Å². The van der Waals surface area contributed by atoms with E-state index in [1.54, 1.807) is 6.07 Å². The number of rotatable bonds is 3. The van der Waals surface area contributed by atoms with Crippen molar-refractivity contribution in [2.75, 3.05) is 0 Å². The van der Waals surface area contributed by atoms with Gasteiger partial charge >= 0.3 is 0 Å². The van der Waals surface area contributed by atoms with Gasteiger partial charge in [0.1, 0.15) is 11.6 Å². The minimum atomic E-state index is -0.341. The van der Waals surface area contributed by atoms with Crippen molar-refractivity contribution >= 4 is 11.6 Å². The van der Waals surface area contributed by atoms with Crippen LogP contribution < -0.4 is 11.1 Å². The zero-order valence-electron chi connectivity index (χ0n) is 17.2. The largest absolute Gasteiger partial charge is 0.384 e. The molecule has 3 aliphatic rings. The third-order valence-electron chi connectivity index (χ3n) is 6.53. The maximum absolute atomic E-state index is 14.1. The lowest BCUT2D eigenvalue weighted by Gasteiger charge is -2.28. The summed E-state index contributed by atoms with van der Waals surface area (Å²) in [7, 11) is 0. The summed E-state index contributed by atoms with van der Waals surface area (Å²) < 4.78 is 14.1. The van der Waals surface area contributed by atoms with E-state index in [-0.39, 0.29) is 17.8 Å².